The molecule has 0 saturated carbocycles. The molecule has 0 fully saturated rings. The van der Waals surface area contributed by atoms with E-state index in [9.17, 15) is 13.2 Å². The van der Waals surface area contributed by atoms with Crippen LogP contribution in [0.3, 0.4) is 0 Å². The van der Waals surface area contributed by atoms with Crippen molar-refractivity contribution in [3.05, 3.63) is 59.7 Å². The summed E-state index contributed by atoms with van der Waals surface area (Å²) in [7, 11) is 1.74. The fourth-order valence-electron chi connectivity index (χ4n) is 3.08. The third-order valence-corrected chi connectivity index (χ3v) is 4.49. The van der Waals surface area contributed by atoms with Gasteiger partial charge in [0.2, 0.25) is 5.95 Å². The highest BCUT2D eigenvalue weighted by molar-refractivity contribution is 6.03. The normalized spacial score (nSPS) is 12.0. The summed E-state index contributed by atoms with van der Waals surface area (Å²) < 4.78 is 39.4. The Morgan fingerprint density at radius 3 is 2.56 bits per heavy atom. The van der Waals surface area contributed by atoms with Crippen LogP contribution in [0.4, 0.5) is 19.1 Å². The smallest absolute Gasteiger partial charge is 0.342 e. The fourth-order valence-corrected chi connectivity index (χ4v) is 3.08. The van der Waals surface area contributed by atoms with Crippen molar-refractivity contribution in [1.82, 2.24) is 20.2 Å². The molecular formula is C19H16F3N5. The van der Waals surface area contributed by atoms with Gasteiger partial charge in [0.05, 0.1) is 5.56 Å². The number of fused-ring (bicyclic) bond motifs is 3. The average Bonchev–Trinajstić information content (AvgIpc) is 3.03. The SMILES string of the molecule is CN(CCc1ccccc1C(F)(F)F)c1nnc2c(n1)[nH]c1ccccc12. The Kier molecular flexibility index (Phi) is 4.18. The number of alkyl halides is 3. The molecule has 0 aliphatic carbocycles. The number of hydrogen-bond acceptors (Lipinski definition) is 4. The molecule has 2 aromatic heterocycles. The van der Waals surface area contributed by atoms with E-state index in [2.05, 4.69) is 20.2 Å². The van der Waals surface area contributed by atoms with Crippen molar-refractivity contribution in [3.8, 4) is 0 Å². The Hall–Kier alpha value is -3.16. The third-order valence-electron chi connectivity index (χ3n) is 4.49. The molecule has 8 heteroatoms. The first-order valence-corrected chi connectivity index (χ1v) is 8.41. The molecule has 0 amide bonds. The molecule has 2 aromatic carbocycles. The van der Waals surface area contributed by atoms with Crippen LogP contribution in [-0.4, -0.2) is 33.8 Å². The van der Waals surface area contributed by atoms with Gasteiger partial charge in [-0.05, 0) is 24.1 Å². The number of aromatic amines is 1. The molecule has 138 valence electrons. The molecule has 0 atom stereocenters. The Morgan fingerprint density at radius 2 is 1.74 bits per heavy atom. The Labute approximate surface area is 152 Å². The van der Waals surface area contributed by atoms with Crippen molar-refractivity contribution in [1.29, 1.82) is 0 Å². The number of halogens is 3. The molecule has 1 N–H and O–H groups in total. The number of H-pyrrole nitrogens is 1. The van der Waals surface area contributed by atoms with Crippen molar-refractivity contribution in [2.45, 2.75) is 12.6 Å². The summed E-state index contributed by atoms with van der Waals surface area (Å²) in [5.74, 6) is 0.360. The first-order valence-electron chi connectivity index (χ1n) is 8.41. The van der Waals surface area contributed by atoms with Crippen LogP contribution in [0.25, 0.3) is 22.1 Å². The van der Waals surface area contributed by atoms with Gasteiger partial charge in [-0.1, -0.05) is 36.4 Å². The topological polar surface area (TPSA) is 57.7 Å². The largest absolute Gasteiger partial charge is 0.416 e. The highest BCUT2D eigenvalue weighted by Crippen LogP contribution is 2.32. The van der Waals surface area contributed by atoms with E-state index >= 15 is 0 Å². The Bertz CT molecular complexity index is 1100. The van der Waals surface area contributed by atoms with Crippen LogP contribution in [0.2, 0.25) is 0 Å². The van der Waals surface area contributed by atoms with E-state index in [-0.39, 0.29) is 12.0 Å². The second-order valence-electron chi connectivity index (χ2n) is 6.31. The molecule has 5 nitrogen and oxygen atoms in total. The van der Waals surface area contributed by atoms with E-state index in [0.29, 0.717) is 23.7 Å². The van der Waals surface area contributed by atoms with E-state index in [4.69, 9.17) is 0 Å². The zero-order chi connectivity index (χ0) is 19.0. The van der Waals surface area contributed by atoms with Crippen molar-refractivity contribution in [3.63, 3.8) is 0 Å². The molecule has 0 bridgehead atoms. The minimum absolute atomic E-state index is 0.223. The molecule has 0 radical (unpaired) electrons. The molecule has 0 saturated heterocycles. The highest BCUT2D eigenvalue weighted by Gasteiger charge is 2.32. The number of nitrogens with zero attached hydrogens (tertiary/aromatic N) is 4. The van der Waals surface area contributed by atoms with Crippen LogP contribution in [0, 0.1) is 0 Å². The summed E-state index contributed by atoms with van der Waals surface area (Å²) in [6, 6.07) is 13.3. The van der Waals surface area contributed by atoms with Crippen LogP contribution in [0.1, 0.15) is 11.1 Å². The predicted octanol–water partition coefficient (Wildman–Crippen LogP) is 4.20. The number of benzene rings is 2. The summed E-state index contributed by atoms with van der Waals surface area (Å²) in [6.45, 7) is 0.334. The fraction of sp³-hybridized carbons (Fsp3) is 0.211. The third kappa shape index (κ3) is 3.30. The second-order valence-corrected chi connectivity index (χ2v) is 6.31. The van der Waals surface area contributed by atoms with Crippen molar-refractivity contribution in [2.24, 2.45) is 0 Å². The minimum atomic E-state index is -4.36. The van der Waals surface area contributed by atoms with E-state index in [1.807, 2.05) is 24.3 Å². The van der Waals surface area contributed by atoms with Gasteiger partial charge >= 0.3 is 6.18 Å². The lowest BCUT2D eigenvalue weighted by Gasteiger charge is -2.18. The van der Waals surface area contributed by atoms with Crippen molar-refractivity contribution in [2.75, 3.05) is 18.5 Å². The van der Waals surface area contributed by atoms with Gasteiger partial charge in [-0.15, -0.1) is 10.2 Å². The number of aromatic nitrogens is 4. The quantitative estimate of drug-likeness (QED) is 0.584. The van der Waals surface area contributed by atoms with Gasteiger partial charge < -0.3 is 9.88 Å². The average molecular weight is 371 g/mol. The lowest BCUT2D eigenvalue weighted by Crippen LogP contribution is -2.24. The van der Waals surface area contributed by atoms with E-state index in [0.717, 1.165) is 17.0 Å². The van der Waals surface area contributed by atoms with Gasteiger partial charge in [-0.2, -0.15) is 18.2 Å². The highest BCUT2D eigenvalue weighted by atomic mass is 19.4. The summed E-state index contributed by atoms with van der Waals surface area (Å²) in [5.41, 5.74) is 1.82. The molecule has 0 aliphatic rings. The summed E-state index contributed by atoms with van der Waals surface area (Å²) in [5, 5.41) is 9.30. The molecule has 0 aliphatic heterocycles. The monoisotopic (exact) mass is 371 g/mol. The lowest BCUT2D eigenvalue weighted by atomic mass is 10.0. The maximum atomic E-state index is 13.1. The number of nitrogens with one attached hydrogen (secondary N) is 1. The number of anilines is 1. The second kappa shape index (κ2) is 6.53. The van der Waals surface area contributed by atoms with Crippen molar-refractivity contribution < 1.29 is 13.2 Å². The first kappa shape index (κ1) is 17.3. The van der Waals surface area contributed by atoms with Gasteiger partial charge in [-0.25, -0.2) is 0 Å². The van der Waals surface area contributed by atoms with Gasteiger partial charge in [0.1, 0.15) is 5.52 Å². The first-order chi connectivity index (χ1) is 12.9. The molecule has 4 rings (SSSR count). The molecule has 0 unspecified atom stereocenters. The van der Waals surface area contributed by atoms with Crippen LogP contribution >= 0.6 is 0 Å². The van der Waals surface area contributed by atoms with E-state index in [1.54, 1.807) is 18.0 Å². The summed E-state index contributed by atoms with van der Waals surface area (Å²) >= 11 is 0. The van der Waals surface area contributed by atoms with E-state index < -0.39 is 11.7 Å². The van der Waals surface area contributed by atoms with Crippen LogP contribution < -0.4 is 4.90 Å². The number of para-hydroxylation sites is 1. The summed E-state index contributed by atoms with van der Waals surface area (Å²) in [4.78, 5) is 9.36. The van der Waals surface area contributed by atoms with Gasteiger partial charge in [0.15, 0.2) is 5.65 Å². The predicted molar refractivity (Wildman–Crippen MR) is 97.6 cm³/mol. The van der Waals surface area contributed by atoms with Crippen molar-refractivity contribution >= 4 is 28.0 Å². The number of rotatable bonds is 4. The zero-order valence-corrected chi connectivity index (χ0v) is 14.5. The van der Waals surface area contributed by atoms with Gasteiger partial charge in [0, 0.05) is 24.5 Å². The van der Waals surface area contributed by atoms with Crippen LogP contribution in [-0.2, 0) is 12.6 Å². The van der Waals surface area contributed by atoms with Gasteiger partial charge in [-0.3, -0.25) is 0 Å². The molecular weight excluding hydrogens is 355 g/mol. The Morgan fingerprint density at radius 1 is 1.00 bits per heavy atom. The van der Waals surface area contributed by atoms with E-state index in [1.165, 1.54) is 12.1 Å². The van der Waals surface area contributed by atoms with Gasteiger partial charge in [0.25, 0.3) is 0 Å². The molecule has 4 aromatic rings. The number of hydrogen-bond donors (Lipinski definition) is 1. The standard InChI is InChI=1S/C19H16F3N5/c1-27(11-10-12-6-2-4-8-14(12)19(20,21)22)18-24-17-16(25-26-18)13-7-3-5-9-15(13)23-17/h2-9H,10-11H2,1H3,(H,23,24,26). The van der Waals surface area contributed by atoms with Crippen LogP contribution in [0.15, 0.2) is 48.5 Å². The summed E-state index contributed by atoms with van der Waals surface area (Å²) in [6.07, 6.45) is -4.14. The maximum absolute atomic E-state index is 13.1. The number of likely N-dealkylation sites (N-methyl/N-ethyl adjacent to an activating group) is 1. The zero-order valence-electron chi connectivity index (χ0n) is 14.5. The lowest BCUT2D eigenvalue weighted by molar-refractivity contribution is -0.138. The van der Waals surface area contributed by atoms with Crippen LogP contribution in [0.5, 0.6) is 0 Å². The Balaban J connectivity index is 1.57. The maximum Gasteiger partial charge on any atom is 0.416 e. The minimum Gasteiger partial charge on any atom is -0.342 e. The molecule has 27 heavy (non-hydrogen) atoms. The molecule has 0 spiro atoms. The molecule has 2 heterocycles.